The molecule has 4 heteroatoms. The third kappa shape index (κ3) is 4.78. The van der Waals surface area contributed by atoms with Crippen LogP contribution in [0.2, 0.25) is 0 Å². The quantitative estimate of drug-likeness (QED) is 0.878. The van der Waals surface area contributed by atoms with E-state index in [-0.39, 0.29) is 11.9 Å². The number of nitrogens with one attached hydrogen (secondary N) is 1. The molecule has 100 valence electrons. The summed E-state index contributed by atoms with van der Waals surface area (Å²) in [7, 11) is 0. The van der Waals surface area contributed by atoms with Gasteiger partial charge in [0, 0.05) is 4.47 Å². The van der Waals surface area contributed by atoms with E-state index < -0.39 is 6.04 Å². The highest BCUT2D eigenvalue weighted by Gasteiger charge is 2.17. The number of nitrogens with two attached hydrogens (primary N) is 1. The van der Waals surface area contributed by atoms with Gasteiger partial charge in [0.2, 0.25) is 5.91 Å². The van der Waals surface area contributed by atoms with Crippen molar-refractivity contribution in [2.45, 2.75) is 39.3 Å². The topological polar surface area (TPSA) is 55.1 Å². The van der Waals surface area contributed by atoms with Crippen LogP contribution in [0.1, 0.15) is 38.8 Å². The fourth-order valence-electron chi connectivity index (χ4n) is 1.77. The lowest BCUT2D eigenvalue weighted by molar-refractivity contribution is -0.123. The van der Waals surface area contributed by atoms with E-state index in [9.17, 15) is 4.79 Å². The van der Waals surface area contributed by atoms with E-state index in [1.165, 1.54) is 0 Å². The Bertz CT molecular complexity index is 389. The Morgan fingerprint density at radius 1 is 1.28 bits per heavy atom. The van der Waals surface area contributed by atoms with Crippen molar-refractivity contribution in [2.24, 2.45) is 11.7 Å². The first kappa shape index (κ1) is 15.2. The van der Waals surface area contributed by atoms with Crippen LogP contribution in [0.25, 0.3) is 0 Å². The zero-order chi connectivity index (χ0) is 13.7. The molecule has 0 aliphatic rings. The molecule has 0 heterocycles. The van der Waals surface area contributed by atoms with Gasteiger partial charge in [-0.3, -0.25) is 4.79 Å². The van der Waals surface area contributed by atoms with Crippen LogP contribution in [-0.4, -0.2) is 11.9 Å². The molecule has 1 aromatic rings. The highest BCUT2D eigenvalue weighted by atomic mass is 79.9. The Balaban J connectivity index is 2.56. The molecule has 0 spiro atoms. The van der Waals surface area contributed by atoms with Crippen LogP contribution < -0.4 is 11.1 Å². The molecule has 1 aromatic carbocycles. The van der Waals surface area contributed by atoms with E-state index in [1.807, 2.05) is 31.2 Å². The largest absolute Gasteiger partial charge is 0.348 e. The van der Waals surface area contributed by atoms with Crippen LogP contribution in [-0.2, 0) is 4.79 Å². The fourth-order valence-corrected chi connectivity index (χ4v) is 2.03. The van der Waals surface area contributed by atoms with Gasteiger partial charge < -0.3 is 11.1 Å². The Labute approximate surface area is 117 Å². The molecule has 0 bridgehead atoms. The van der Waals surface area contributed by atoms with Crippen LogP contribution in [0.5, 0.6) is 0 Å². The van der Waals surface area contributed by atoms with Crippen LogP contribution in [0, 0.1) is 5.92 Å². The second kappa shape index (κ2) is 6.90. The van der Waals surface area contributed by atoms with Crippen LogP contribution in [0.15, 0.2) is 28.7 Å². The van der Waals surface area contributed by atoms with Gasteiger partial charge in [0.05, 0.1) is 12.1 Å². The van der Waals surface area contributed by atoms with Crippen molar-refractivity contribution < 1.29 is 4.79 Å². The Hall–Kier alpha value is -0.870. The number of rotatable bonds is 5. The first-order chi connectivity index (χ1) is 8.40. The summed E-state index contributed by atoms with van der Waals surface area (Å²) in [5.74, 6) is 0.341. The van der Waals surface area contributed by atoms with Gasteiger partial charge in [-0.15, -0.1) is 0 Å². The van der Waals surface area contributed by atoms with Crippen LogP contribution in [0.3, 0.4) is 0 Å². The summed E-state index contributed by atoms with van der Waals surface area (Å²) >= 11 is 3.39. The number of benzene rings is 1. The molecule has 0 aromatic heterocycles. The van der Waals surface area contributed by atoms with Gasteiger partial charge >= 0.3 is 0 Å². The molecule has 2 atom stereocenters. The van der Waals surface area contributed by atoms with Crippen LogP contribution >= 0.6 is 15.9 Å². The summed E-state index contributed by atoms with van der Waals surface area (Å²) in [6.07, 6.45) is 0.707. The number of halogens is 1. The predicted molar refractivity (Wildman–Crippen MR) is 78.1 cm³/mol. The third-order valence-corrected chi connectivity index (χ3v) is 3.32. The molecular formula is C14H21BrN2O. The third-order valence-electron chi connectivity index (χ3n) is 2.79. The number of carbonyl (C=O) groups excluding carboxylic acids is 1. The van der Waals surface area contributed by atoms with Crippen molar-refractivity contribution >= 4 is 21.8 Å². The van der Waals surface area contributed by atoms with E-state index in [0.717, 1.165) is 10.0 Å². The van der Waals surface area contributed by atoms with E-state index in [1.54, 1.807) is 0 Å². The molecule has 1 rings (SSSR count). The maximum absolute atomic E-state index is 11.9. The minimum Gasteiger partial charge on any atom is -0.348 e. The molecule has 3 N–H and O–H groups in total. The molecular weight excluding hydrogens is 292 g/mol. The highest BCUT2D eigenvalue weighted by molar-refractivity contribution is 9.10. The van der Waals surface area contributed by atoms with Gasteiger partial charge in [-0.1, -0.05) is 41.9 Å². The van der Waals surface area contributed by atoms with Gasteiger partial charge in [0.25, 0.3) is 0 Å². The average molecular weight is 313 g/mol. The second-order valence-corrected chi connectivity index (χ2v) is 5.93. The van der Waals surface area contributed by atoms with Gasteiger partial charge in [0.1, 0.15) is 0 Å². The molecule has 3 nitrogen and oxygen atoms in total. The maximum atomic E-state index is 11.9. The van der Waals surface area contributed by atoms with E-state index in [2.05, 4.69) is 35.1 Å². The van der Waals surface area contributed by atoms with Gasteiger partial charge in [-0.05, 0) is 37.0 Å². The highest BCUT2D eigenvalue weighted by Crippen LogP contribution is 2.16. The van der Waals surface area contributed by atoms with Gasteiger partial charge in [-0.2, -0.15) is 0 Å². The van der Waals surface area contributed by atoms with Crippen molar-refractivity contribution in [3.05, 3.63) is 34.3 Å². The molecule has 0 saturated heterocycles. The molecule has 0 unspecified atom stereocenters. The lowest BCUT2D eigenvalue weighted by Gasteiger charge is -2.19. The first-order valence-electron chi connectivity index (χ1n) is 6.21. The average Bonchev–Trinajstić information content (AvgIpc) is 2.28. The second-order valence-electron chi connectivity index (χ2n) is 5.02. The summed E-state index contributed by atoms with van der Waals surface area (Å²) in [6, 6.07) is 7.45. The molecule has 0 radical (unpaired) electrons. The Morgan fingerprint density at radius 2 is 1.83 bits per heavy atom. The SMILES string of the molecule is CC(C)C[C@H](N)C(=O)N[C@H](C)c1ccc(Br)cc1. The molecule has 0 aliphatic carbocycles. The first-order valence-corrected chi connectivity index (χ1v) is 7.01. The minimum absolute atomic E-state index is 0.0242. The minimum atomic E-state index is -0.428. The molecule has 18 heavy (non-hydrogen) atoms. The molecule has 0 aliphatic heterocycles. The van der Waals surface area contributed by atoms with Crippen LogP contribution in [0.4, 0.5) is 0 Å². The monoisotopic (exact) mass is 312 g/mol. The smallest absolute Gasteiger partial charge is 0.237 e. The number of amides is 1. The Kier molecular flexibility index (Phi) is 5.82. The number of carbonyl (C=O) groups is 1. The van der Waals surface area contributed by atoms with E-state index in [0.29, 0.717) is 12.3 Å². The zero-order valence-corrected chi connectivity index (χ0v) is 12.7. The number of hydrogen-bond donors (Lipinski definition) is 2. The summed E-state index contributed by atoms with van der Waals surface area (Å²) < 4.78 is 1.03. The van der Waals surface area contributed by atoms with Gasteiger partial charge in [-0.25, -0.2) is 0 Å². The molecule has 0 saturated carbocycles. The summed E-state index contributed by atoms with van der Waals surface area (Å²) in [4.78, 5) is 11.9. The van der Waals surface area contributed by atoms with Crippen molar-refractivity contribution in [1.29, 1.82) is 0 Å². The summed E-state index contributed by atoms with van der Waals surface area (Å²) in [5.41, 5.74) is 6.92. The molecule has 1 amide bonds. The Morgan fingerprint density at radius 3 is 2.33 bits per heavy atom. The van der Waals surface area contributed by atoms with Crippen molar-refractivity contribution in [3.63, 3.8) is 0 Å². The standard InChI is InChI=1S/C14H21BrN2O/c1-9(2)8-13(16)14(18)17-10(3)11-4-6-12(15)7-5-11/h4-7,9-10,13H,8,16H2,1-3H3,(H,17,18)/t10-,13+/m1/s1. The van der Waals surface area contributed by atoms with E-state index in [4.69, 9.17) is 5.73 Å². The lowest BCUT2D eigenvalue weighted by Crippen LogP contribution is -2.42. The maximum Gasteiger partial charge on any atom is 0.237 e. The zero-order valence-electron chi connectivity index (χ0n) is 11.1. The summed E-state index contributed by atoms with van der Waals surface area (Å²) in [5, 5.41) is 2.94. The number of hydrogen-bond acceptors (Lipinski definition) is 2. The molecule has 0 fully saturated rings. The van der Waals surface area contributed by atoms with E-state index >= 15 is 0 Å². The predicted octanol–water partition coefficient (Wildman–Crippen LogP) is 3.00. The normalized spacial score (nSPS) is 14.3. The van der Waals surface area contributed by atoms with Crippen molar-refractivity contribution in [3.8, 4) is 0 Å². The summed E-state index contributed by atoms with van der Waals surface area (Å²) in [6.45, 7) is 6.08. The lowest BCUT2D eigenvalue weighted by atomic mass is 10.0. The van der Waals surface area contributed by atoms with Crippen molar-refractivity contribution in [1.82, 2.24) is 5.32 Å². The van der Waals surface area contributed by atoms with Crippen molar-refractivity contribution in [2.75, 3.05) is 0 Å². The van der Waals surface area contributed by atoms with Gasteiger partial charge in [0.15, 0.2) is 0 Å². The fraction of sp³-hybridized carbons (Fsp3) is 0.500.